The molecule has 6 nitrogen and oxygen atoms in total. The van der Waals surface area contributed by atoms with Crippen molar-refractivity contribution in [3.05, 3.63) is 76.5 Å². The van der Waals surface area contributed by atoms with Gasteiger partial charge in [-0.25, -0.2) is 13.6 Å². The molecule has 4 rings (SSSR count). The minimum absolute atomic E-state index is 0.00711. The second kappa shape index (κ2) is 5.23. The molecule has 0 saturated carbocycles. The minimum atomic E-state index is -3.96. The molecule has 0 fully saturated rings. The minimum Gasteiger partial charge on any atom is -0.353 e. The van der Waals surface area contributed by atoms with Crippen LogP contribution in [0.2, 0.25) is 0 Å². The third-order valence-electron chi connectivity index (χ3n) is 4.19. The van der Waals surface area contributed by atoms with Crippen LogP contribution in [0.25, 0.3) is 6.08 Å². The van der Waals surface area contributed by atoms with Crippen molar-refractivity contribution in [3.8, 4) is 0 Å². The predicted octanol–water partition coefficient (Wildman–Crippen LogP) is 2.11. The normalized spacial score (nSPS) is 15.9. The predicted molar refractivity (Wildman–Crippen MR) is 92.6 cm³/mol. The Labute approximate surface area is 143 Å². The summed E-state index contributed by atoms with van der Waals surface area (Å²) in [5.74, 6) is -0.770. The molecule has 25 heavy (non-hydrogen) atoms. The largest absolute Gasteiger partial charge is 0.353 e. The highest BCUT2D eigenvalue weighted by Crippen LogP contribution is 2.35. The molecular weight excluding hydrogens is 340 g/mol. The van der Waals surface area contributed by atoms with E-state index >= 15 is 0 Å². The van der Waals surface area contributed by atoms with Crippen LogP contribution in [-0.4, -0.2) is 20.0 Å². The lowest BCUT2D eigenvalue weighted by Gasteiger charge is -2.19. The highest BCUT2D eigenvalue weighted by atomic mass is 32.2. The molecular formula is C18H12N2O4S. The Hall–Kier alpha value is -3.03. The number of nitrogens with one attached hydrogen (secondary N) is 1. The summed E-state index contributed by atoms with van der Waals surface area (Å²) < 4.78 is 23.6. The summed E-state index contributed by atoms with van der Waals surface area (Å²) in [6, 6.07) is 11.2. The second-order valence-corrected chi connectivity index (χ2v) is 7.25. The first-order valence-electron chi connectivity index (χ1n) is 7.41. The fourth-order valence-corrected chi connectivity index (χ4v) is 3.77. The number of Topliss-reactive ketones (excluding diaryl/α,β-unsaturated/α-hetero) is 2. The fourth-order valence-electron chi connectivity index (χ4n) is 3.05. The topological polar surface area (TPSA) is 106 Å². The standard InChI is InChI=1S/C18H12N2O4S/c19-25(23,24)14-7-3-4-10-8-9-13(20-16(10)14)15-17(21)11-5-1-2-6-12(11)18(15)22/h1-9,20H,(H2,19,23,24). The van der Waals surface area contributed by atoms with E-state index in [1.165, 1.54) is 6.07 Å². The lowest BCUT2D eigenvalue weighted by atomic mass is 10.0. The lowest BCUT2D eigenvalue weighted by Crippen LogP contribution is -2.18. The Balaban J connectivity index is 1.89. The maximum absolute atomic E-state index is 12.6. The average Bonchev–Trinajstić information content (AvgIpc) is 2.84. The van der Waals surface area contributed by atoms with Gasteiger partial charge in [0.05, 0.1) is 17.0 Å². The smallest absolute Gasteiger partial charge is 0.240 e. The number of benzene rings is 2. The van der Waals surface area contributed by atoms with Gasteiger partial charge in [-0.2, -0.15) is 0 Å². The molecule has 1 aliphatic heterocycles. The first kappa shape index (κ1) is 15.5. The van der Waals surface area contributed by atoms with Gasteiger partial charge in [-0.1, -0.05) is 42.5 Å². The number of ketones is 2. The van der Waals surface area contributed by atoms with Crippen LogP contribution < -0.4 is 10.5 Å². The van der Waals surface area contributed by atoms with E-state index < -0.39 is 10.0 Å². The van der Waals surface area contributed by atoms with Gasteiger partial charge < -0.3 is 5.32 Å². The first-order valence-corrected chi connectivity index (χ1v) is 8.96. The fraction of sp³-hybridized carbons (Fsp3) is 0. The zero-order valence-electron chi connectivity index (χ0n) is 12.8. The number of rotatable bonds is 1. The number of para-hydroxylation sites is 1. The van der Waals surface area contributed by atoms with Crippen molar-refractivity contribution in [3.63, 3.8) is 0 Å². The van der Waals surface area contributed by atoms with E-state index in [0.717, 1.165) is 0 Å². The van der Waals surface area contributed by atoms with Gasteiger partial charge in [0.25, 0.3) is 0 Å². The quantitative estimate of drug-likeness (QED) is 0.604. The Bertz CT molecular complexity index is 1090. The van der Waals surface area contributed by atoms with Crippen molar-refractivity contribution in [1.82, 2.24) is 0 Å². The molecule has 0 bridgehead atoms. The molecule has 1 heterocycles. The van der Waals surface area contributed by atoms with E-state index in [0.29, 0.717) is 16.7 Å². The van der Waals surface area contributed by atoms with Crippen LogP contribution in [0.5, 0.6) is 0 Å². The second-order valence-electron chi connectivity index (χ2n) is 5.72. The maximum Gasteiger partial charge on any atom is 0.240 e. The summed E-state index contributed by atoms with van der Waals surface area (Å²) in [6.07, 6.45) is 3.23. The van der Waals surface area contributed by atoms with E-state index in [4.69, 9.17) is 5.14 Å². The van der Waals surface area contributed by atoms with Crippen LogP contribution in [0.4, 0.5) is 5.69 Å². The SMILES string of the molecule is NS(=O)(=O)c1cccc2c1NC(=C1C(=O)c3ccccc3C1=O)C=C2. The van der Waals surface area contributed by atoms with Gasteiger partial charge in [-0.3, -0.25) is 9.59 Å². The van der Waals surface area contributed by atoms with Gasteiger partial charge in [0.15, 0.2) is 11.6 Å². The van der Waals surface area contributed by atoms with E-state index in [1.54, 1.807) is 48.6 Å². The van der Waals surface area contributed by atoms with E-state index in [-0.39, 0.29) is 33.4 Å². The number of fused-ring (bicyclic) bond motifs is 2. The zero-order chi connectivity index (χ0) is 17.8. The van der Waals surface area contributed by atoms with Crippen LogP contribution in [0.15, 0.2) is 64.7 Å². The molecule has 0 spiro atoms. The van der Waals surface area contributed by atoms with Crippen molar-refractivity contribution >= 4 is 33.4 Å². The molecule has 2 aromatic carbocycles. The Kier molecular flexibility index (Phi) is 3.24. The van der Waals surface area contributed by atoms with Gasteiger partial charge in [0.2, 0.25) is 10.0 Å². The molecule has 1 aliphatic carbocycles. The average molecular weight is 352 g/mol. The Morgan fingerprint density at radius 2 is 1.48 bits per heavy atom. The van der Waals surface area contributed by atoms with Gasteiger partial charge in [-0.05, 0) is 17.7 Å². The maximum atomic E-state index is 12.6. The highest BCUT2D eigenvalue weighted by molar-refractivity contribution is 7.89. The van der Waals surface area contributed by atoms with Crippen molar-refractivity contribution in [2.75, 3.05) is 5.32 Å². The summed E-state index contributed by atoms with van der Waals surface area (Å²) in [5.41, 5.74) is 1.80. The van der Waals surface area contributed by atoms with Gasteiger partial charge in [0, 0.05) is 11.1 Å². The summed E-state index contributed by atoms with van der Waals surface area (Å²) in [5, 5.41) is 8.16. The molecule has 2 aromatic rings. The monoisotopic (exact) mass is 352 g/mol. The molecule has 0 aromatic heterocycles. The highest BCUT2D eigenvalue weighted by Gasteiger charge is 2.35. The number of carbonyl (C=O) groups is 2. The number of nitrogens with two attached hydrogens (primary N) is 1. The number of allylic oxidation sites excluding steroid dienone is 2. The number of primary sulfonamides is 1. The van der Waals surface area contributed by atoms with Crippen LogP contribution in [-0.2, 0) is 10.0 Å². The number of sulfonamides is 1. The van der Waals surface area contributed by atoms with Crippen LogP contribution >= 0.6 is 0 Å². The van der Waals surface area contributed by atoms with Gasteiger partial charge in [-0.15, -0.1) is 0 Å². The number of hydrogen-bond donors (Lipinski definition) is 2. The Morgan fingerprint density at radius 1 is 0.840 bits per heavy atom. The summed E-state index contributed by atoms with van der Waals surface area (Å²) in [4.78, 5) is 25.1. The molecule has 3 N–H and O–H groups in total. The van der Waals surface area contributed by atoms with E-state index in [2.05, 4.69) is 5.32 Å². The summed E-state index contributed by atoms with van der Waals surface area (Å²) in [7, 11) is -3.96. The molecule has 7 heteroatoms. The molecule has 124 valence electrons. The third-order valence-corrected chi connectivity index (χ3v) is 5.15. The van der Waals surface area contributed by atoms with E-state index in [1.807, 2.05) is 0 Å². The molecule has 0 saturated heterocycles. The van der Waals surface area contributed by atoms with Crippen LogP contribution in [0, 0.1) is 0 Å². The number of hydrogen-bond acceptors (Lipinski definition) is 5. The van der Waals surface area contributed by atoms with Gasteiger partial charge >= 0.3 is 0 Å². The number of anilines is 1. The first-order chi connectivity index (χ1) is 11.9. The molecule has 0 atom stereocenters. The van der Waals surface area contributed by atoms with Crippen LogP contribution in [0.3, 0.4) is 0 Å². The van der Waals surface area contributed by atoms with Crippen molar-refractivity contribution < 1.29 is 18.0 Å². The van der Waals surface area contributed by atoms with Crippen molar-refractivity contribution in [2.24, 2.45) is 5.14 Å². The van der Waals surface area contributed by atoms with E-state index in [9.17, 15) is 18.0 Å². The summed E-state index contributed by atoms with van der Waals surface area (Å²) in [6.45, 7) is 0. The number of carbonyl (C=O) groups excluding carboxylic acids is 2. The third kappa shape index (κ3) is 2.33. The molecule has 0 amide bonds. The lowest BCUT2D eigenvalue weighted by molar-refractivity contribution is 0.0987. The molecule has 0 radical (unpaired) electrons. The van der Waals surface area contributed by atoms with Crippen LogP contribution in [0.1, 0.15) is 26.3 Å². The van der Waals surface area contributed by atoms with Gasteiger partial charge in [0.1, 0.15) is 4.90 Å². The Morgan fingerprint density at radius 3 is 2.08 bits per heavy atom. The van der Waals surface area contributed by atoms with Crippen molar-refractivity contribution in [1.29, 1.82) is 0 Å². The summed E-state index contributed by atoms with van der Waals surface area (Å²) >= 11 is 0. The zero-order valence-corrected chi connectivity index (χ0v) is 13.6. The molecule has 2 aliphatic rings. The van der Waals surface area contributed by atoms with Crippen molar-refractivity contribution in [2.45, 2.75) is 4.90 Å². The molecule has 0 unspecified atom stereocenters.